The summed E-state index contributed by atoms with van der Waals surface area (Å²) in [6, 6.07) is 0. The molecule has 0 heterocycles. The zero-order valence-corrected chi connectivity index (χ0v) is 20.6. The molecule has 0 unspecified atom stereocenters. The van der Waals surface area contributed by atoms with Gasteiger partial charge in [0.1, 0.15) is 0 Å². The predicted octanol–water partition coefficient (Wildman–Crippen LogP) is -11.0. The first kappa shape index (κ1) is 33.0. The van der Waals surface area contributed by atoms with E-state index in [1.807, 2.05) is 0 Å². The van der Waals surface area contributed by atoms with Crippen LogP contribution in [0.1, 0.15) is 12.8 Å². The van der Waals surface area contributed by atoms with E-state index < -0.39 is 58.4 Å². The van der Waals surface area contributed by atoms with Crippen molar-refractivity contribution in [3.8, 4) is 0 Å². The quantitative estimate of drug-likeness (QED) is 0.122. The van der Waals surface area contributed by atoms with Crippen LogP contribution in [0.5, 0.6) is 0 Å². The van der Waals surface area contributed by atoms with E-state index in [9.17, 15) is 27.4 Å². The number of carboxylic acids is 3. The molecule has 0 fully saturated rings. The second kappa shape index (κ2) is 12.0. The molecule has 0 aliphatic rings. The molecular formula is C6H10NNa3O12PS+3. The van der Waals surface area contributed by atoms with Crippen molar-refractivity contribution in [3.63, 3.8) is 0 Å². The molecular weight excluding hydrogens is 410 g/mol. The van der Waals surface area contributed by atoms with Crippen LogP contribution in [0.15, 0.2) is 0 Å². The number of aliphatic carboxylic acids is 3. The van der Waals surface area contributed by atoms with Crippen molar-refractivity contribution in [1.29, 1.82) is 0 Å². The Bertz CT molecular complexity index is 600. The molecule has 0 aromatic rings. The van der Waals surface area contributed by atoms with E-state index in [0.29, 0.717) is 0 Å². The van der Waals surface area contributed by atoms with Gasteiger partial charge in [-0.2, -0.15) is 8.42 Å². The molecule has 0 aromatic heterocycles. The fourth-order valence-corrected chi connectivity index (χ4v) is 3.99. The Kier molecular flexibility index (Phi) is 16.5. The fourth-order valence-electron chi connectivity index (χ4n) is 1.54. The van der Waals surface area contributed by atoms with E-state index in [1.54, 1.807) is 0 Å². The largest absolute Gasteiger partial charge is 1.00 e. The van der Waals surface area contributed by atoms with Gasteiger partial charge < -0.3 is 25.1 Å². The topological polar surface area (TPSA) is 227 Å². The van der Waals surface area contributed by atoms with E-state index in [1.165, 1.54) is 0 Å². The Balaban J connectivity index is -0.000000667. The van der Waals surface area contributed by atoms with Gasteiger partial charge in [-0.15, -0.1) is 0 Å². The van der Waals surface area contributed by atoms with Gasteiger partial charge in [0.25, 0.3) is 0 Å². The van der Waals surface area contributed by atoms with Crippen molar-refractivity contribution in [2.45, 2.75) is 18.4 Å². The number of hydrogen-bond acceptors (Lipinski definition) is 6. The molecule has 0 saturated carbocycles. The third-order valence-corrected chi connectivity index (χ3v) is 5.01. The van der Waals surface area contributed by atoms with Crippen LogP contribution >= 0.6 is 7.75 Å². The molecule has 13 nitrogen and oxygen atoms in total. The van der Waals surface area contributed by atoms with Gasteiger partial charge in [-0.05, 0) is 0 Å². The Morgan fingerprint density at radius 2 is 1.21 bits per heavy atom. The Morgan fingerprint density at radius 1 is 0.917 bits per heavy atom. The average molecular weight is 420 g/mol. The van der Waals surface area contributed by atoms with Gasteiger partial charge in [0.2, 0.25) is 0 Å². The molecule has 0 aliphatic carbocycles. The zero-order valence-electron chi connectivity index (χ0n) is 12.8. The molecule has 122 valence electrons. The molecule has 0 atom stereocenters. The van der Waals surface area contributed by atoms with E-state index >= 15 is 0 Å². The summed E-state index contributed by atoms with van der Waals surface area (Å²) in [5.41, 5.74) is -3.62. The van der Waals surface area contributed by atoms with Crippen LogP contribution in [0.4, 0.5) is 0 Å². The minimum absolute atomic E-state index is 0. The molecule has 0 bridgehead atoms. The SMILES string of the molecule is O=C(O)CC(CC(=O)O)(C(=O)O)N(P(=O)(O)O)S(=O)(=O)O.[Na+].[Na+].[Na+]. The molecule has 6 N–H and O–H groups in total. The summed E-state index contributed by atoms with van der Waals surface area (Å²) in [5.74, 6) is -6.62. The van der Waals surface area contributed by atoms with Crippen molar-refractivity contribution in [3.05, 3.63) is 0 Å². The van der Waals surface area contributed by atoms with Crippen LogP contribution in [-0.4, -0.2) is 65.6 Å². The van der Waals surface area contributed by atoms with Gasteiger partial charge in [-0.25, -0.2) is 4.57 Å². The number of rotatable bonds is 8. The summed E-state index contributed by atoms with van der Waals surface area (Å²) in [5, 5.41) is 26.1. The molecule has 18 heteroatoms. The summed E-state index contributed by atoms with van der Waals surface area (Å²) in [4.78, 5) is 50.2. The zero-order chi connectivity index (χ0) is 17.2. The summed E-state index contributed by atoms with van der Waals surface area (Å²) in [6.45, 7) is 0. The fraction of sp³-hybridized carbons (Fsp3) is 0.500. The summed E-state index contributed by atoms with van der Waals surface area (Å²) >= 11 is 0. The standard InChI is InChI=1S/C6H10NO12PS.3Na/c8-3(9)1-6(5(12)13,2-4(10)11)7(20(14,15)16)21(17,18)19;;;/h1-2H2,(H,8,9)(H,10,11)(H,12,13)(H2,14,15,16)(H,17,18,19);;;/q;3*+1. The first-order valence-corrected chi connectivity index (χ1v) is 7.61. The molecule has 0 amide bonds. The molecule has 0 aliphatic heterocycles. The average Bonchev–Trinajstić information content (AvgIpc) is 2.08. The second-order valence-electron chi connectivity index (χ2n) is 3.71. The number of carboxylic acid groups (broad SMARTS) is 3. The maximum Gasteiger partial charge on any atom is 1.00 e. The monoisotopic (exact) mass is 420 g/mol. The number of nitrogens with zero attached hydrogens (tertiary/aromatic N) is 1. The van der Waals surface area contributed by atoms with Gasteiger partial charge in [-0.3, -0.25) is 18.9 Å². The van der Waals surface area contributed by atoms with Gasteiger partial charge in [0.15, 0.2) is 5.54 Å². The molecule has 0 aromatic carbocycles. The molecule has 0 saturated heterocycles. The molecule has 0 radical (unpaired) electrons. The van der Waals surface area contributed by atoms with Crippen LogP contribution in [-0.2, 0) is 29.3 Å². The minimum Gasteiger partial charge on any atom is -0.481 e. The van der Waals surface area contributed by atoms with Crippen LogP contribution in [0.2, 0.25) is 0 Å². The normalized spacial score (nSPS) is 11.5. The predicted molar refractivity (Wildman–Crippen MR) is 60.3 cm³/mol. The van der Waals surface area contributed by atoms with Crippen molar-refractivity contribution in [2.75, 3.05) is 0 Å². The first-order valence-electron chi connectivity index (χ1n) is 4.65. The van der Waals surface area contributed by atoms with Crippen molar-refractivity contribution >= 4 is 36.0 Å². The number of carbonyl (C=O) groups is 3. The third kappa shape index (κ3) is 9.39. The molecule has 0 spiro atoms. The van der Waals surface area contributed by atoms with Crippen molar-refractivity contribution < 1.29 is 146 Å². The van der Waals surface area contributed by atoms with Crippen molar-refractivity contribution in [1.82, 2.24) is 4.08 Å². The smallest absolute Gasteiger partial charge is 0.481 e. The molecule has 24 heavy (non-hydrogen) atoms. The van der Waals surface area contributed by atoms with Crippen LogP contribution in [0.3, 0.4) is 0 Å². The van der Waals surface area contributed by atoms with Gasteiger partial charge >= 0.3 is 125 Å². The summed E-state index contributed by atoms with van der Waals surface area (Å²) in [6.07, 6.45) is -3.64. The van der Waals surface area contributed by atoms with E-state index in [2.05, 4.69) is 0 Å². The minimum atomic E-state index is -6.10. The van der Waals surface area contributed by atoms with Crippen LogP contribution < -0.4 is 88.7 Å². The van der Waals surface area contributed by atoms with Crippen LogP contribution in [0, 0.1) is 0 Å². The van der Waals surface area contributed by atoms with E-state index in [-0.39, 0.29) is 88.7 Å². The van der Waals surface area contributed by atoms with Crippen molar-refractivity contribution in [2.24, 2.45) is 0 Å². The second-order valence-corrected chi connectivity index (χ2v) is 6.67. The Hall–Kier alpha value is 1.43. The van der Waals surface area contributed by atoms with E-state index in [4.69, 9.17) is 29.7 Å². The Labute approximate surface area is 201 Å². The maximum absolute atomic E-state index is 11.1. The number of hydrogen-bond donors (Lipinski definition) is 6. The maximum atomic E-state index is 11.1. The van der Waals surface area contributed by atoms with Gasteiger partial charge in [-0.1, -0.05) is 4.08 Å². The third-order valence-electron chi connectivity index (χ3n) is 2.11. The summed E-state index contributed by atoms with van der Waals surface area (Å²) in [7, 11) is -12.1. The molecule has 0 rings (SSSR count). The van der Waals surface area contributed by atoms with Crippen LogP contribution in [0.25, 0.3) is 0 Å². The first-order chi connectivity index (χ1) is 9.14. The van der Waals surface area contributed by atoms with E-state index in [0.717, 1.165) is 0 Å². The Morgan fingerprint density at radius 3 is 1.33 bits per heavy atom. The van der Waals surface area contributed by atoms with Gasteiger partial charge in [0, 0.05) is 0 Å². The van der Waals surface area contributed by atoms with Gasteiger partial charge in [0.05, 0.1) is 12.8 Å². The summed E-state index contributed by atoms with van der Waals surface area (Å²) < 4.78 is 40.6.